The van der Waals surface area contributed by atoms with Crippen molar-refractivity contribution in [3.05, 3.63) is 36.2 Å². The van der Waals surface area contributed by atoms with E-state index in [-0.39, 0.29) is 40.5 Å². The summed E-state index contributed by atoms with van der Waals surface area (Å²) < 4.78 is 34.4. The molecule has 170 valence electrons. The minimum Gasteiger partial charge on any atom is -0.473 e. The Morgan fingerprint density at radius 2 is 1.88 bits per heavy atom. The highest BCUT2D eigenvalue weighted by Crippen LogP contribution is 2.27. The number of likely N-dealkylation sites (tertiary alicyclic amines) is 1. The molecule has 2 aromatic rings. The van der Waals surface area contributed by atoms with Gasteiger partial charge in [-0.15, -0.1) is 0 Å². The van der Waals surface area contributed by atoms with Crippen LogP contribution in [0.3, 0.4) is 0 Å². The fraction of sp³-hybridized carbons (Fsp3) is 0.429. The molecule has 32 heavy (non-hydrogen) atoms. The van der Waals surface area contributed by atoms with Gasteiger partial charge in [-0.3, -0.25) is 0 Å². The number of hydrogen-bond acceptors (Lipinski definition) is 9. The van der Waals surface area contributed by atoms with Crippen LogP contribution in [-0.2, 0) is 14.6 Å². The van der Waals surface area contributed by atoms with E-state index in [1.165, 1.54) is 18.5 Å². The molecule has 2 heterocycles. The number of nitrogens with one attached hydrogen (secondary N) is 1. The maximum atomic E-state index is 12.0. The molecule has 0 aliphatic carbocycles. The number of nitrogens with zero attached hydrogens (tertiary/aromatic N) is 4. The van der Waals surface area contributed by atoms with Gasteiger partial charge < -0.3 is 19.7 Å². The van der Waals surface area contributed by atoms with Crippen molar-refractivity contribution in [1.82, 2.24) is 14.9 Å². The minimum absolute atomic E-state index is 0.140. The summed E-state index contributed by atoms with van der Waals surface area (Å²) in [6.45, 7) is 4.58. The Bertz CT molecular complexity index is 1100. The van der Waals surface area contributed by atoms with E-state index in [9.17, 15) is 18.5 Å². The van der Waals surface area contributed by atoms with Gasteiger partial charge in [-0.25, -0.2) is 23.2 Å². The second-order valence-corrected chi connectivity index (χ2v) is 9.69. The van der Waals surface area contributed by atoms with Gasteiger partial charge in [0, 0.05) is 37.9 Å². The van der Waals surface area contributed by atoms with Gasteiger partial charge in [0.1, 0.15) is 18.5 Å². The van der Waals surface area contributed by atoms with Gasteiger partial charge in [-0.2, -0.15) is 5.26 Å². The molecule has 1 aliphatic heterocycles. The second-order valence-electron chi connectivity index (χ2n) is 7.67. The highest BCUT2D eigenvalue weighted by atomic mass is 32.2. The van der Waals surface area contributed by atoms with Crippen LogP contribution >= 0.6 is 0 Å². The van der Waals surface area contributed by atoms with Crippen molar-refractivity contribution in [2.75, 3.05) is 24.7 Å². The number of nitriles is 1. The molecule has 3 rings (SSSR count). The van der Waals surface area contributed by atoms with Crippen LogP contribution < -0.4 is 10.1 Å². The van der Waals surface area contributed by atoms with E-state index in [0.29, 0.717) is 31.6 Å². The maximum absolute atomic E-state index is 12.0. The molecule has 0 atom stereocenters. The minimum atomic E-state index is -3.30. The van der Waals surface area contributed by atoms with Crippen molar-refractivity contribution in [3.8, 4) is 11.9 Å². The summed E-state index contributed by atoms with van der Waals surface area (Å²) in [6.07, 6.45) is 2.86. The summed E-state index contributed by atoms with van der Waals surface area (Å²) in [6, 6.07) is 8.19. The van der Waals surface area contributed by atoms with E-state index in [0.717, 1.165) is 6.26 Å². The average molecular weight is 460 g/mol. The molecule has 0 unspecified atom stereocenters. The lowest BCUT2D eigenvalue weighted by molar-refractivity contribution is 0.0506. The molecule has 1 aromatic carbocycles. The van der Waals surface area contributed by atoms with Gasteiger partial charge in [-0.05, 0) is 38.1 Å². The van der Waals surface area contributed by atoms with E-state index in [1.807, 2.05) is 0 Å². The lowest BCUT2D eigenvalue weighted by atomic mass is 10.1. The number of carbonyl (C=O) groups excluding carboxylic acids is 1. The number of rotatable bonds is 6. The molecule has 1 amide bonds. The predicted molar refractivity (Wildman–Crippen MR) is 116 cm³/mol. The molecule has 1 N–H and O–H groups in total. The first-order valence-corrected chi connectivity index (χ1v) is 12.0. The molecule has 1 fully saturated rings. The van der Waals surface area contributed by atoms with Crippen molar-refractivity contribution in [2.45, 2.75) is 43.8 Å². The maximum Gasteiger partial charge on any atom is 0.410 e. The van der Waals surface area contributed by atoms with Crippen LogP contribution in [0.4, 0.5) is 16.3 Å². The molecule has 0 saturated carbocycles. The molecule has 0 radical (unpaired) electrons. The highest BCUT2D eigenvalue weighted by molar-refractivity contribution is 7.90. The first-order valence-electron chi connectivity index (χ1n) is 10.1. The monoisotopic (exact) mass is 459 g/mol. The quantitative estimate of drug-likeness (QED) is 0.692. The van der Waals surface area contributed by atoms with Crippen LogP contribution in [0.5, 0.6) is 5.88 Å². The predicted octanol–water partition coefficient (Wildman–Crippen LogP) is 2.88. The number of benzene rings is 1. The molecule has 0 bridgehead atoms. The second kappa shape index (κ2) is 9.82. The Kier molecular flexibility index (Phi) is 7.15. The topological polar surface area (TPSA) is 135 Å². The molecule has 10 nitrogen and oxygen atoms in total. The van der Waals surface area contributed by atoms with Crippen molar-refractivity contribution >= 4 is 27.4 Å². The number of aromatic nitrogens is 2. The standard InChI is InChI=1S/C21H25N5O5S/c1-14(2)30-21(27)26-10-8-16(9-11-26)31-20-18(12-22)19(23-13-24-20)25-15-4-6-17(7-5-15)32(3,28)29/h4-7,13-14,16H,8-11H2,1-3H3,(H,23,24,25). The zero-order valence-corrected chi connectivity index (χ0v) is 18.9. The molecule has 1 saturated heterocycles. The van der Waals surface area contributed by atoms with Gasteiger partial charge >= 0.3 is 6.09 Å². The largest absolute Gasteiger partial charge is 0.473 e. The van der Waals surface area contributed by atoms with Gasteiger partial charge in [0.25, 0.3) is 0 Å². The van der Waals surface area contributed by atoms with Gasteiger partial charge in [-0.1, -0.05) is 0 Å². The lowest BCUT2D eigenvalue weighted by Crippen LogP contribution is -2.42. The van der Waals surface area contributed by atoms with Crippen molar-refractivity contribution in [3.63, 3.8) is 0 Å². The fourth-order valence-electron chi connectivity index (χ4n) is 3.17. The van der Waals surface area contributed by atoms with Crippen LogP contribution in [0.2, 0.25) is 0 Å². The third-order valence-electron chi connectivity index (χ3n) is 4.78. The molecule has 1 aliphatic rings. The van der Waals surface area contributed by atoms with Crippen molar-refractivity contribution in [2.24, 2.45) is 0 Å². The number of carbonyl (C=O) groups is 1. The van der Waals surface area contributed by atoms with Gasteiger partial charge in [0.15, 0.2) is 21.2 Å². The number of hydrogen-bond donors (Lipinski definition) is 1. The summed E-state index contributed by atoms with van der Waals surface area (Å²) in [7, 11) is -3.30. The first-order chi connectivity index (χ1) is 15.2. The Balaban J connectivity index is 1.67. The van der Waals surface area contributed by atoms with E-state index < -0.39 is 9.84 Å². The highest BCUT2D eigenvalue weighted by Gasteiger charge is 2.27. The van der Waals surface area contributed by atoms with Crippen LogP contribution in [0.1, 0.15) is 32.3 Å². The van der Waals surface area contributed by atoms with Crippen LogP contribution in [-0.4, -0.2) is 60.9 Å². The number of anilines is 2. The van der Waals surface area contributed by atoms with Crippen molar-refractivity contribution in [1.29, 1.82) is 5.26 Å². The Labute approximate surface area is 187 Å². The number of sulfone groups is 1. The van der Waals surface area contributed by atoms with Crippen LogP contribution in [0, 0.1) is 11.3 Å². The zero-order valence-electron chi connectivity index (χ0n) is 18.1. The molecule has 0 spiro atoms. The fourth-order valence-corrected chi connectivity index (χ4v) is 3.80. The summed E-state index contributed by atoms with van der Waals surface area (Å²) in [5.74, 6) is 0.406. The third-order valence-corrected chi connectivity index (χ3v) is 5.91. The lowest BCUT2D eigenvalue weighted by Gasteiger charge is -2.31. The smallest absolute Gasteiger partial charge is 0.410 e. The molecule has 11 heteroatoms. The van der Waals surface area contributed by atoms with E-state index >= 15 is 0 Å². The van der Waals surface area contributed by atoms with Gasteiger partial charge in [0.05, 0.1) is 11.0 Å². The molecular formula is C21H25N5O5S. The zero-order chi connectivity index (χ0) is 23.3. The van der Waals surface area contributed by atoms with E-state index in [1.54, 1.807) is 30.9 Å². The Morgan fingerprint density at radius 3 is 2.44 bits per heavy atom. The molecular weight excluding hydrogens is 434 g/mol. The van der Waals surface area contributed by atoms with E-state index in [2.05, 4.69) is 21.4 Å². The summed E-state index contributed by atoms with van der Waals surface area (Å²) in [4.78, 5) is 22.1. The normalized spacial score (nSPS) is 14.7. The number of amides is 1. The Hall–Kier alpha value is -3.39. The SMILES string of the molecule is CC(C)OC(=O)N1CCC(Oc2ncnc(Nc3ccc(S(C)(=O)=O)cc3)c2C#N)CC1. The Morgan fingerprint density at radius 1 is 1.22 bits per heavy atom. The first kappa shape index (κ1) is 23.3. The number of ether oxygens (including phenoxy) is 2. The summed E-state index contributed by atoms with van der Waals surface area (Å²) >= 11 is 0. The van der Waals surface area contributed by atoms with Crippen LogP contribution in [0.15, 0.2) is 35.5 Å². The summed E-state index contributed by atoms with van der Waals surface area (Å²) in [5, 5.41) is 12.7. The summed E-state index contributed by atoms with van der Waals surface area (Å²) in [5.41, 5.74) is 0.705. The third kappa shape index (κ3) is 5.85. The van der Waals surface area contributed by atoms with Gasteiger partial charge in [0.2, 0.25) is 5.88 Å². The van der Waals surface area contributed by atoms with Crippen molar-refractivity contribution < 1.29 is 22.7 Å². The van der Waals surface area contributed by atoms with E-state index in [4.69, 9.17) is 9.47 Å². The molecule has 1 aromatic heterocycles. The van der Waals surface area contributed by atoms with Crippen LogP contribution in [0.25, 0.3) is 0 Å². The number of piperidine rings is 1. The average Bonchev–Trinajstić information content (AvgIpc) is 2.74.